The molecule has 0 aliphatic rings. The first-order chi connectivity index (χ1) is 17.0. The average Bonchev–Trinajstić information content (AvgIpc) is 3.53. The first-order valence-electron chi connectivity index (χ1n) is 10.8. The summed E-state index contributed by atoms with van der Waals surface area (Å²) >= 11 is 1.46. The van der Waals surface area contributed by atoms with Crippen molar-refractivity contribution in [2.75, 3.05) is 0 Å². The lowest BCUT2D eigenvalue weighted by molar-refractivity contribution is -0.384. The van der Waals surface area contributed by atoms with Crippen molar-refractivity contribution in [2.45, 2.75) is 24.3 Å². The van der Waals surface area contributed by atoms with Gasteiger partial charge in [-0.25, -0.2) is 0 Å². The second kappa shape index (κ2) is 9.51. The number of aryl methyl sites for hydroxylation is 1. The minimum atomic E-state index is -0.449. The minimum Gasteiger partial charge on any atom is -0.419 e. The number of rotatable bonds is 7. The fourth-order valence-corrected chi connectivity index (χ4v) is 4.39. The third kappa shape index (κ3) is 4.69. The number of nitro groups is 1. The van der Waals surface area contributed by atoms with Crippen molar-refractivity contribution in [1.29, 1.82) is 0 Å². The predicted octanol–water partition coefficient (Wildman–Crippen LogP) is 6.05. The van der Waals surface area contributed by atoms with Gasteiger partial charge >= 0.3 is 0 Å². The Hall–Kier alpha value is -4.31. The summed E-state index contributed by atoms with van der Waals surface area (Å²) in [5.74, 6) is 1.46. The van der Waals surface area contributed by atoms with E-state index in [0.29, 0.717) is 22.5 Å². The Balaban J connectivity index is 1.45. The van der Waals surface area contributed by atoms with Crippen LogP contribution >= 0.6 is 11.8 Å². The highest BCUT2D eigenvalue weighted by Gasteiger charge is 2.22. The average molecular weight is 485 g/mol. The monoisotopic (exact) mass is 484 g/mol. The van der Waals surface area contributed by atoms with E-state index in [1.807, 2.05) is 60.9 Å². The second-order valence-corrected chi connectivity index (χ2v) is 9.16. The van der Waals surface area contributed by atoms with E-state index in [-0.39, 0.29) is 10.9 Å². The lowest BCUT2D eigenvalue weighted by Gasteiger charge is -2.12. The summed E-state index contributed by atoms with van der Waals surface area (Å²) < 4.78 is 7.90. The van der Waals surface area contributed by atoms with Crippen molar-refractivity contribution >= 4 is 17.4 Å². The van der Waals surface area contributed by atoms with Crippen molar-refractivity contribution in [2.24, 2.45) is 0 Å². The number of hydrogen-bond acceptors (Lipinski definition) is 8. The Morgan fingerprint density at radius 1 is 0.886 bits per heavy atom. The summed E-state index contributed by atoms with van der Waals surface area (Å²) in [7, 11) is 0. The van der Waals surface area contributed by atoms with Gasteiger partial charge < -0.3 is 4.42 Å². The number of aromatic nitrogens is 5. The van der Waals surface area contributed by atoms with Gasteiger partial charge in [-0.3, -0.25) is 14.7 Å². The molecule has 0 radical (unpaired) electrons. The molecule has 2 heterocycles. The number of thioether (sulfide) groups is 1. The number of nitrogens with zero attached hydrogens (tertiary/aromatic N) is 6. The summed E-state index contributed by atoms with van der Waals surface area (Å²) in [5, 5.41) is 28.6. The Morgan fingerprint density at radius 2 is 1.60 bits per heavy atom. The molecule has 10 heteroatoms. The van der Waals surface area contributed by atoms with Crippen LogP contribution in [0.15, 0.2) is 88.4 Å². The molecular weight excluding hydrogens is 464 g/mol. The Bertz CT molecular complexity index is 1460. The van der Waals surface area contributed by atoms with Crippen LogP contribution in [0.3, 0.4) is 0 Å². The van der Waals surface area contributed by atoms with E-state index in [1.54, 1.807) is 12.1 Å². The number of hydrogen-bond donors (Lipinski definition) is 0. The van der Waals surface area contributed by atoms with Crippen LogP contribution in [0, 0.1) is 17.0 Å². The van der Waals surface area contributed by atoms with Gasteiger partial charge in [0.15, 0.2) is 11.0 Å². The van der Waals surface area contributed by atoms with Crippen LogP contribution in [0.2, 0.25) is 0 Å². The van der Waals surface area contributed by atoms with Crippen molar-refractivity contribution in [1.82, 2.24) is 25.0 Å². The van der Waals surface area contributed by atoms with E-state index >= 15 is 0 Å². The van der Waals surface area contributed by atoms with Crippen molar-refractivity contribution in [3.05, 3.63) is 100 Å². The Labute approximate surface area is 205 Å². The second-order valence-electron chi connectivity index (χ2n) is 7.85. The largest absolute Gasteiger partial charge is 0.419 e. The molecule has 0 saturated carbocycles. The standard InChI is InChI=1S/C25H20N6O3S/c1-16-8-12-20(13-9-16)30-22(18-6-4-3-5-7-18)26-29-25(30)35-17(2)23-27-28-24(34-23)19-10-14-21(15-11-19)31(32)33/h3-15,17H,1-2H3. The molecule has 2 aromatic heterocycles. The van der Waals surface area contributed by atoms with Crippen molar-refractivity contribution in [3.8, 4) is 28.5 Å². The number of benzene rings is 3. The molecule has 5 aromatic rings. The molecule has 0 bridgehead atoms. The van der Waals surface area contributed by atoms with Gasteiger partial charge in [-0.05, 0) is 38.1 Å². The van der Waals surface area contributed by atoms with Gasteiger partial charge in [0, 0.05) is 28.9 Å². The molecule has 1 atom stereocenters. The Kier molecular flexibility index (Phi) is 6.11. The highest BCUT2D eigenvalue weighted by Crippen LogP contribution is 2.37. The van der Waals surface area contributed by atoms with Gasteiger partial charge in [0.2, 0.25) is 11.8 Å². The van der Waals surface area contributed by atoms with E-state index in [1.165, 1.54) is 23.9 Å². The van der Waals surface area contributed by atoms with E-state index in [4.69, 9.17) is 4.42 Å². The van der Waals surface area contributed by atoms with Crippen LogP contribution in [0.1, 0.15) is 23.6 Å². The highest BCUT2D eigenvalue weighted by atomic mass is 32.2. The number of non-ortho nitro benzene ring substituents is 1. The smallest absolute Gasteiger partial charge is 0.269 e. The zero-order chi connectivity index (χ0) is 24.4. The molecule has 9 nitrogen and oxygen atoms in total. The molecule has 0 N–H and O–H groups in total. The quantitative estimate of drug-likeness (QED) is 0.156. The van der Waals surface area contributed by atoms with Crippen LogP contribution in [0.5, 0.6) is 0 Å². The zero-order valence-electron chi connectivity index (χ0n) is 18.9. The highest BCUT2D eigenvalue weighted by molar-refractivity contribution is 7.99. The van der Waals surface area contributed by atoms with Gasteiger partial charge in [0.1, 0.15) is 0 Å². The first-order valence-corrected chi connectivity index (χ1v) is 11.7. The molecule has 174 valence electrons. The number of nitro benzene ring substituents is 1. The summed E-state index contributed by atoms with van der Waals surface area (Å²) in [5.41, 5.74) is 3.68. The van der Waals surface area contributed by atoms with Gasteiger partial charge in [0.05, 0.1) is 10.2 Å². The van der Waals surface area contributed by atoms with E-state index in [0.717, 1.165) is 22.6 Å². The Morgan fingerprint density at radius 3 is 2.29 bits per heavy atom. The molecule has 0 aliphatic carbocycles. The van der Waals surface area contributed by atoms with Gasteiger partial charge in [-0.15, -0.1) is 20.4 Å². The van der Waals surface area contributed by atoms with Gasteiger partial charge in [-0.1, -0.05) is 59.8 Å². The molecule has 0 spiro atoms. The summed E-state index contributed by atoms with van der Waals surface area (Å²) in [4.78, 5) is 10.4. The molecule has 0 saturated heterocycles. The first kappa shape index (κ1) is 22.5. The maximum absolute atomic E-state index is 10.9. The van der Waals surface area contributed by atoms with E-state index < -0.39 is 4.92 Å². The van der Waals surface area contributed by atoms with Crippen molar-refractivity contribution in [3.63, 3.8) is 0 Å². The molecular formula is C25H20N6O3S. The van der Waals surface area contributed by atoms with Crippen LogP contribution in [-0.4, -0.2) is 29.9 Å². The predicted molar refractivity (Wildman–Crippen MR) is 132 cm³/mol. The molecule has 0 aliphatic heterocycles. The normalized spacial score (nSPS) is 11.9. The fraction of sp³-hybridized carbons (Fsp3) is 0.120. The summed E-state index contributed by atoms with van der Waals surface area (Å²) in [6, 6.07) is 24.1. The van der Waals surface area contributed by atoms with Crippen LogP contribution in [0.4, 0.5) is 5.69 Å². The lowest BCUT2D eigenvalue weighted by Crippen LogP contribution is -2.01. The van der Waals surface area contributed by atoms with Crippen LogP contribution in [0.25, 0.3) is 28.5 Å². The molecule has 3 aromatic carbocycles. The lowest BCUT2D eigenvalue weighted by atomic mass is 10.2. The maximum atomic E-state index is 10.9. The molecule has 0 amide bonds. The van der Waals surface area contributed by atoms with Crippen LogP contribution in [-0.2, 0) is 0 Å². The third-order valence-electron chi connectivity index (χ3n) is 5.35. The third-order valence-corrected chi connectivity index (χ3v) is 6.38. The van der Waals surface area contributed by atoms with Crippen molar-refractivity contribution < 1.29 is 9.34 Å². The minimum absolute atomic E-state index is 0.00192. The summed E-state index contributed by atoms with van der Waals surface area (Å²) in [6.45, 7) is 4.00. The molecule has 35 heavy (non-hydrogen) atoms. The maximum Gasteiger partial charge on any atom is 0.269 e. The van der Waals surface area contributed by atoms with Gasteiger partial charge in [-0.2, -0.15) is 0 Å². The SMILES string of the molecule is Cc1ccc(-n2c(SC(C)c3nnc(-c4ccc([N+](=O)[O-])cc4)o3)nnc2-c2ccccc2)cc1. The molecule has 0 fully saturated rings. The fourth-order valence-electron chi connectivity index (χ4n) is 3.50. The van der Waals surface area contributed by atoms with Gasteiger partial charge in [0.25, 0.3) is 5.69 Å². The van der Waals surface area contributed by atoms with E-state index in [9.17, 15) is 10.1 Å². The van der Waals surface area contributed by atoms with Crippen LogP contribution < -0.4 is 0 Å². The summed E-state index contributed by atoms with van der Waals surface area (Å²) in [6.07, 6.45) is 0. The topological polar surface area (TPSA) is 113 Å². The molecule has 5 rings (SSSR count). The molecule has 1 unspecified atom stereocenters. The van der Waals surface area contributed by atoms with E-state index in [2.05, 4.69) is 32.5 Å². The zero-order valence-corrected chi connectivity index (χ0v) is 19.7.